The van der Waals surface area contributed by atoms with E-state index in [0.29, 0.717) is 25.1 Å². The Morgan fingerprint density at radius 2 is 1.24 bits per heavy atom. The van der Waals surface area contributed by atoms with Gasteiger partial charge in [0.15, 0.2) is 5.78 Å². The van der Waals surface area contributed by atoms with Crippen LogP contribution in [0.15, 0.2) is 91.0 Å². The van der Waals surface area contributed by atoms with Gasteiger partial charge in [0.25, 0.3) is 0 Å². The molecule has 0 aromatic heterocycles. The van der Waals surface area contributed by atoms with Crippen LogP contribution in [0.2, 0.25) is 0 Å². The summed E-state index contributed by atoms with van der Waals surface area (Å²) in [5, 5.41) is 0. The van der Waals surface area contributed by atoms with Crippen LogP contribution in [0.4, 0.5) is 0 Å². The molecule has 0 aliphatic carbocycles. The molecule has 4 rings (SSSR count). The minimum atomic E-state index is -0.0552. The Kier molecular flexibility index (Phi) is 8.64. The second kappa shape index (κ2) is 12.1. The number of nitrogens with zero attached hydrogens (tertiary/aromatic N) is 2. The number of Topliss-reactive ketones (excluding diaryl/α,β-unsaturated/α-hetero) is 1. The van der Waals surface area contributed by atoms with Gasteiger partial charge in [-0.15, -0.1) is 0 Å². The van der Waals surface area contributed by atoms with E-state index >= 15 is 0 Å². The van der Waals surface area contributed by atoms with Crippen LogP contribution in [0, 0.1) is 0 Å². The van der Waals surface area contributed by atoms with Crippen molar-refractivity contribution in [3.8, 4) is 0 Å². The molecule has 34 heavy (non-hydrogen) atoms. The predicted octanol–water partition coefficient (Wildman–Crippen LogP) is 5.46. The fourth-order valence-electron chi connectivity index (χ4n) is 4.83. The highest BCUT2D eigenvalue weighted by Crippen LogP contribution is 2.26. The first-order chi connectivity index (χ1) is 16.6. The molecule has 1 fully saturated rings. The van der Waals surface area contributed by atoms with Crippen molar-refractivity contribution in [3.63, 3.8) is 0 Å². The van der Waals surface area contributed by atoms with Gasteiger partial charge in [-0.1, -0.05) is 91.0 Å². The summed E-state index contributed by atoms with van der Waals surface area (Å²) in [5.74, 6) is 0.226. The Morgan fingerprint density at radius 1 is 0.765 bits per heavy atom. The Hall–Kier alpha value is -2.79. The van der Waals surface area contributed by atoms with Gasteiger partial charge in [0.05, 0.1) is 6.61 Å². The van der Waals surface area contributed by atoms with Gasteiger partial charge in [-0.25, -0.2) is 0 Å². The van der Waals surface area contributed by atoms with E-state index in [-0.39, 0.29) is 11.9 Å². The van der Waals surface area contributed by atoms with E-state index in [9.17, 15) is 4.79 Å². The standard InChI is InChI=1S/C30H36N2O2/c1-24-23-32(25(2)22-31(24)19-18-29(33)26-12-6-3-7-13-26)20-21-34-30(27-14-8-4-9-15-27)28-16-10-5-11-17-28/h3-17,24-25,30H,18-23H2,1-2H3. The molecule has 4 nitrogen and oxygen atoms in total. The summed E-state index contributed by atoms with van der Waals surface area (Å²) in [7, 11) is 0. The average molecular weight is 457 g/mol. The van der Waals surface area contributed by atoms with Gasteiger partial charge in [-0.05, 0) is 25.0 Å². The van der Waals surface area contributed by atoms with Crippen LogP contribution < -0.4 is 0 Å². The zero-order valence-corrected chi connectivity index (χ0v) is 20.3. The van der Waals surface area contributed by atoms with E-state index in [2.05, 4.69) is 72.2 Å². The van der Waals surface area contributed by atoms with E-state index in [4.69, 9.17) is 4.74 Å². The van der Waals surface area contributed by atoms with Crippen LogP contribution in [-0.2, 0) is 4.74 Å². The number of rotatable bonds is 10. The number of ether oxygens (including phenoxy) is 1. The zero-order chi connectivity index (χ0) is 23.8. The van der Waals surface area contributed by atoms with Crippen LogP contribution in [0.3, 0.4) is 0 Å². The Labute approximate surface area is 204 Å². The van der Waals surface area contributed by atoms with Crippen LogP contribution in [0.1, 0.15) is 47.9 Å². The Morgan fingerprint density at radius 3 is 1.76 bits per heavy atom. The summed E-state index contributed by atoms with van der Waals surface area (Å²) in [4.78, 5) is 17.5. The normalized spacial score (nSPS) is 19.4. The number of carbonyl (C=O) groups excluding carboxylic acids is 1. The van der Waals surface area contributed by atoms with Crippen molar-refractivity contribution in [3.05, 3.63) is 108 Å². The first-order valence-electron chi connectivity index (χ1n) is 12.4. The lowest BCUT2D eigenvalue weighted by atomic mass is 10.0. The zero-order valence-electron chi connectivity index (χ0n) is 20.3. The molecule has 1 saturated heterocycles. The molecule has 1 aliphatic heterocycles. The van der Waals surface area contributed by atoms with E-state index in [0.717, 1.165) is 31.7 Å². The largest absolute Gasteiger partial charge is 0.367 e. The molecule has 0 saturated carbocycles. The summed E-state index contributed by atoms with van der Waals surface area (Å²) in [6.07, 6.45) is 0.514. The van der Waals surface area contributed by atoms with E-state index in [1.807, 2.05) is 42.5 Å². The predicted molar refractivity (Wildman–Crippen MR) is 138 cm³/mol. The molecule has 3 aromatic carbocycles. The summed E-state index contributed by atoms with van der Waals surface area (Å²) in [6.45, 7) is 8.91. The van der Waals surface area contributed by atoms with E-state index in [1.54, 1.807) is 0 Å². The molecule has 2 atom stereocenters. The quantitative estimate of drug-likeness (QED) is 0.379. The van der Waals surface area contributed by atoms with Crippen molar-refractivity contribution in [1.29, 1.82) is 0 Å². The number of hydrogen-bond acceptors (Lipinski definition) is 4. The smallest absolute Gasteiger partial charge is 0.164 e. The van der Waals surface area contributed by atoms with Crippen molar-refractivity contribution in [2.75, 3.05) is 32.8 Å². The van der Waals surface area contributed by atoms with Crippen LogP contribution in [0.5, 0.6) is 0 Å². The Bertz CT molecular complexity index is 970. The molecule has 1 heterocycles. The molecule has 4 heteroatoms. The highest BCUT2D eigenvalue weighted by molar-refractivity contribution is 5.96. The molecule has 178 valence electrons. The van der Waals surface area contributed by atoms with Crippen LogP contribution >= 0.6 is 0 Å². The van der Waals surface area contributed by atoms with Gasteiger partial charge >= 0.3 is 0 Å². The van der Waals surface area contributed by atoms with Crippen molar-refractivity contribution in [2.45, 2.75) is 38.5 Å². The first-order valence-corrected chi connectivity index (χ1v) is 12.4. The fourth-order valence-corrected chi connectivity index (χ4v) is 4.83. The first kappa shape index (κ1) is 24.3. The molecular formula is C30H36N2O2. The molecule has 0 radical (unpaired) electrons. The molecule has 0 bridgehead atoms. The maximum atomic E-state index is 12.5. The van der Waals surface area contributed by atoms with E-state index in [1.165, 1.54) is 11.1 Å². The van der Waals surface area contributed by atoms with Crippen molar-refractivity contribution < 1.29 is 9.53 Å². The van der Waals surface area contributed by atoms with Gasteiger partial charge in [-0.2, -0.15) is 0 Å². The number of carbonyl (C=O) groups is 1. The molecule has 1 aliphatic rings. The third-order valence-corrected chi connectivity index (χ3v) is 6.83. The summed E-state index contributed by atoms with van der Waals surface area (Å²) in [6, 6.07) is 31.4. The summed E-state index contributed by atoms with van der Waals surface area (Å²) >= 11 is 0. The van der Waals surface area contributed by atoms with Crippen molar-refractivity contribution in [1.82, 2.24) is 9.80 Å². The molecule has 0 spiro atoms. The Balaban J connectivity index is 1.29. The third-order valence-electron chi connectivity index (χ3n) is 6.83. The maximum absolute atomic E-state index is 12.5. The number of hydrogen-bond donors (Lipinski definition) is 0. The van der Waals surface area contributed by atoms with Gasteiger partial charge in [0, 0.05) is 50.2 Å². The lowest BCUT2D eigenvalue weighted by Crippen LogP contribution is -2.57. The highest BCUT2D eigenvalue weighted by atomic mass is 16.5. The van der Waals surface area contributed by atoms with Crippen molar-refractivity contribution in [2.24, 2.45) is 0 Å². The second-order valence-corrected chi connectivity index (χ2v) is 9.30. The minimum Gasteiger partial charge on any atom is -0.367 e. The molecular weight excluding hydrogens is 420 g/mol. The maximum Gasteiger partial charge on any atom is 0.164 e. The molecule has 2 unspecified atom stereocenters. The van der Waals surface area contributed by atoms with Gasteiger partial charge in [0.2, 0.25) is 0 Å². The topological polar surface area (TPSA) is 32.8 Å². The van der Waals surface area contributed by atoms with E-state index < -0.39 is 0 Å². The van der Waals surface area contributed by atoms with Crippen LogP contribution in [-0.4, -0.2) is 60.5 Å². The minimum absolute atomic E-state index is 0.0552. The molecule has 3 aromatic rings. The van der Waals surface area contributed by atoms with Gasteiger partial charge in [-0.3, -0.25) is 14.6 Å². The molecule has 0 amide bonds. The van der Waals surface area contributed by atoms with Crippen molar-refractivity contribution >= 4 is 5.78 Å². The number of piperazine rings is 1. The van der Waals surface area contributed by atoms with Crippen LogP contribution in [0.25, 0.3) is 0 Å². The third kappa shape index (κ3) is 6.41. The monoisotopic (exact) mass is 456 g/mol. The van der Waals surface area contributed by atoms with Gasteiger partial charge in [0.1, 0.15) is 6.10 Å². The number of ketones is 1. The lowest BCUT2D eigenvalue weighted by molar-refractivity contribution is 0.00689. The lowest BCUT2D eigenvalue weighted by Gasteiger charge is -2.44. The summed E-state index contributed by atoms with van der Waals surface area (Å²) < 4.78 is 6.46. The summed E-state index contributed by atoms with van der Waals surface area (Å²) in [5.41, 5.74) is 3.18. The highest BCUT2D eigenvalue weighted by Gasteiger charge is 2.29. The average Bonchev–Trinajstić information content (AvgIpc) is 2.89. The molecule has 0 N–H and O–H groups in total. The second-order valence-electron chi connectivity index (χ2n) is 9.30. The SMILES string of the molecule is CC1CN(CCC(=O)c2ccccc2)C(C)CN1CCOC(c1ccccc1)c1ccccc1. The fraction of sp³-hybridized carbons (Fsp3) is 0.367. The number of benzene rings is 3. The van der Waals surface area contributed by atoms with Gasteiger partial charge < -0.3 is 4.74 Å².